The van der Waals surface area contributed by atoms with E-state index in [1.165, 1.54) is 0 Å². The summed E-state index contributed by atoms with van der Waals surface area (Å²) in [5.74, 6) is 0. The van der Waals surface area contributed by atoms with Crippen molar-refractivity contribution >= 4 is 0 Å². The molecule has 0 amide bonds. The minimum atomic E-state index is 0.344. The van der Waals surface area contributed by atoms with Crippen LogP contribution >= 0.6 is 0 Å². The topological polar surface area (TPSA) is 46.0 Å². The molecular formula is C11H23N5. The van der Waals surface area contributed by atoms with Gasteiger partial charge in [0, 0.05) is 19.1 Å². The largest absolute Gasteiger partial charge is 0.311 e. The van der Waals surface area contributed by atoms with Crippen LogP contribution in [0.5, 0.6) is 0 Å². The van der Waals surface area contributed by atoms with Crippen molar-refractivity contribution in [3.05, 3.63) is 12.7 Å². The molecule has 0 fully saturated rings. The van der Waals surface area contributed by atoms with Gasteiger partial charge in [-0.1, -0.05) is 6.92 Å². The molecule has 1 aromatic rings. The zero-order chi connectivity index (χ0) is 12.0. The van der Waals surface area contributed by atoms with E-state index in [0.29, 0.717) is 12.1 Å². The van der Waals surface area contributed by atoms with Crippen molar-refractivity contribution in [1.82, 2.24) is 25.0 Å². The van der Waals surface area contributed by atoms with Gasteiger partial charge in [0.2, 0.25) is 0 Å². The molecule has 1 N–H and O–H groups in total. The first-order valence-electron chi connectivity index (χ1n) is 5.89. The van der Waals surface area contributed by atoms with Gasteiger partial charge in [0.25, 0.3) is 0 Å². The molecule has 0 spiro atoms. The first kappa shape index (κ1) is 13.1. The zero-order valence-electron chi connectivity index (χ0n) is 10.7. The van der Waals surface area contributed by atoms with E-state index in [1.54, 1.807) is 12.7 Å². The lowest BCUT2D eigenvalue weighted by Crippen LogP contribution is -2.39. The van der Waals surface area contributed by atoms with E-state index in [0.717, 1.165) is 19.6 Å². The molecule has 0 bridgehead atoms. The van der Waals surface area contributed by atoms with Gasteiger partial charge in [-0.2, -0.15) is 5.10 Å². The molecule has 2 unspecified atom stereocenters. The molecule has 0 radical (unpaired) electrons. The Morgan fingerprint density at radius 2 is 2.19 bits per heavy atom. The van der Waals surface area contributed by atoms with Gasteiger partial charge in [0.1, 0.15) is 12.7 Å². The van der Waals surface area contributed by atoms with E-state index < -0.39 is 0 Å². The fourth-order valence-electron chi connectivity index (χ4n) is 1.57. The maximum absolute atomic E-state index is 4.13. The van der Waals surface area contributed by atoms with Gasteiger partial charge in [0.05, 0.1) is 6.04 Å². The molecule has 0 aliphatic heterocycles. The van der Waals surface area contributed by atoms with E-state index in [4.69, 9.17) is 0 Å². The summed E-state index contributed by atoms with van der Waals surface area (Å²) < 4.78 is 1.88. The van der Waals surface area contributed by atoms with Crippen molar-refractivity contribution in [2.24, 2.45) is 0 Å². The van der Waals surface area contributed by atoms with Crippen molar-refractivity contribution in [3.63, 3.8) is 0 Å². The minimum Gasteiger partial charge on any atom is -0.311 e. The first-order valence-corrected chi connectivity index (χ1v) is 5.89. The van der Waals surface area contributed by atoms with Gasteiger partial charge < -0.3 is 10.2 Å². The Hall–Kier alpha value is -0.940. The lowest BCUT2D eigenvalue weighted by molar-refractivity contribution is 0.301. The molecule has 5 nitrogen and oxygen atoms in total. The third kappa shape index (κ3) is 4.28. The summed E-state index contributed by atoms with van der Waals surface area (Å²) in [6, 6.07) is 0.841. The second-order valence-corrected chi connectivity index (χ2v) is 4.39. The second kappa shape index (κ2) is 6.60. The summed E-state index contributed by atoms with van der Waals surface area (Å²) in [5, 5.41) is 7.63. The van der Waals surface area contributed by atoms with Crippen LogP contribution < -0.4 is 5.32 Å². The van der Waals surface area contributed by atoms with Crippen molar-refractivity contribution in [3.8, 4) is 0 Å². The number of hydrogen-bond acceptors (Lipinski definition) is 4. The van der Waals surface area contributed by atoms with Crippen molar-refractivity contribution < 1.29 is 0 Å². The molecule has 16 heavy (non-hydrogen) atoms. The standard InChI is InChI=1S/C11H23N5/c1-5-15(4)7-10(2)13-6-11(3)16-9-12-8-14-16/h8-11,13H,5-7H2,1-4H3. The quantitative estimate of drug-likeness (QED) is 0.744. The van der Waals surface area contributed by atoms with Gasteiger partial charge in [-0.05, 0) is 27.4 Å². The SMILES string of the molecule is CCN(C)CC(C)NCC(C)n1cncn1. The number of rotatable bonds is 7. The fraction of sp³-hybridized carbons (Fsp3) is 0.818. The minimum absolute atomic E-state index is 0.344. The van der Waals surface area contributed by atoms with Crippen molar-refractivity contribution in [1.29, 1.82) is 0 Å². The molecule has 0 aliphatic rings. The smallest absolute Gasteiger partial charge is 0.137 e. The molecule has 0 aliphatic carbocycles. The monoisotopic (exact) mass is 225 g/mol. The zero-order valence-corrected chi connectivity index (χ0v) is 10.7. The van der Waals surface area contributed by atoms with Gasteiger partial charge in [-0.25, -0.2) is 9.67 Å². The molecule has 92 valence electrons. The van der Waals surface area contributed by atoms with E-state index in [-0.39, 0.29) is 0 Å². The Balaban J connectivity index is 2.24. The summed E-state index contributed by atoms with van der Waals surface area (Å²) in [6.45, 7) is 9.59. The Bertz CT molecular complexity index is 272. The van der Waals surface area contributed by atoms with Crippen LogP contribution in [0.3, 0.4) is 0 Å². The summed E-state index contributed by atoms with van der Waals surface area (Å²) in [4.78, 5) is 6.25. The lowest BCUT2D eigenvalue weighted by Gasteiger charge is -2.22. The molecule has 5 heteroatoms. The van der Waals surface area contributed by atoms with Crippen molar-refractivity contribution in [2.45, 2.75) is 32.9 Å². The highest BCUT2D eigenvalue weighted by atomic mass is 15.3. The molecular weight excluding hydrogens is 202 g/mol. The van der Waals surface area contributed by atoms with E-state index in [1.807, 2.05) is 4.68 Å². The summed E-state index contributed by atoms with van der Waals surface area (Å²) in [6.07, 6.45) is 3.33. The predicted octanol–water partition coefficient (Wildman–Crippen LogP) is 0.769. The van der Waals surface area contributed by atoms with Crippen LogP contribution in [0.4, 0.5) is 0 Å². The average molecular weight is 225 g/mol. The average Bonchev–Trinajstić information content (AvgIpc) is 2.79. The van der Waals surface area contributed by atoms with Crippen LogP contribution in [-0.4, -0.2) is 52.4 Å². The Morgan fingerprint density at radius 3 is 2.75 bits per heavy atom. The van der Waals surface area contributed by atoms with Crippen LogP contribution in [0, 0.1) is 0 Å². The second-order valence-electron chi connectivity index (χ2n) is 4.39. The number of likely N-dealkylation sites (N-methyl/N-ethyl adjacent to an activating group) is 1. The number of hydrogen-bond donors (Lipinski definition) is 1. The lowest BCUT2D eigenvalue weighted by atomic mass is 10.2. The van der Waals surface area contributed by atoms with E-state index in [9.17, 15) is 0 Å². The molecule has 0 aromatic carbocycles. The third-order valence-electron chi connectivity index (χ3n) is 2.78. The fourth-order valence-corrected chi connectivity index (χ4v) is 1.57. The maximum Gasteiger partial charge on any atom is 0.137 e. The predicted molar refractivity (Wildman–Crippen MR) is 65.4 cm³/mol. The van der Waals surface area contributed by atoms with Crippen molar-refractivity contribution in [2.75, 3.05) is 26.7 Å². The molecule has 2 atom stereocenters. The van der Waals surface area contributed by atoms with Crippen LogP contribution in [0.25, 0.3) is 0 Å². The number of nitrogens with one attached hydrogen (secondary N) is 1. The normalized spacial score (nSPS) is 15.3. The Morgan fingerprint density at radius 1 is 1.44 bits per heavy atom. The maximum atomic E-state index is 4.13. The van der Waals surface area contributed by atoms with Gasteiger partial charge in [-0.3, -0.25) is 0 Å². The summed E-state index contributed by atoms with van der Waals surface area (Å²) >= 11 is 0. The van der Waals surface area contributed by atoms with Gasteiger partial charge in [-0.15, -0.1) is 0 Å². The summed E-state index contributed by atoms with van der Waals surface area (Å²) in [5.41, 5.74) is 0. The van der Waals surface area contributed by atoms with Crippen LogP contribution in [0.2, 0.25) is 0 Å². The van der Waals surface area contributed by atoms with Crippen LogP contribution in [-0.2, 0) is 0 Å². The molecule has 0 saturated heterocycles. The highest BCUT2D eigenvalue weighted by Gasteiger charge is 2.08. The molecule has 1 aromatic heterocycles. The highest BCUT2D eigenvalue weighted by Crippen LogP contribution is 2.00. The molecule has 0 saturated carbocycles. The highest BCUT2D eigenvalue weighted by molar-refractivity contribution is 4.71. The van der Waals surface area contributed by atoms with E-state index in [2.05, 4.69) is 48.1 Å². The van der Waals surface area contributed by atoms with Crippen LogP contribution in [0.1, 0.15) is 26.8 Å². The summed E-state index contributed by atoms with van der Waals surface area (Å²) in [7, 11) is 2.14. The first-order chi connectivity index (χ1) is 7.63. The molecule has 1 heterocycles. The third-order valence-corrected chi connectivity index (χ3v) is 2.78. The number of aromatic nitrogens is 3. The van der Waals surface area contributed by atoms with Gasteiger partial charge in [0.15, 0.2) is 0 Å². The molecule has 1 rings (SSSR count). The van der Waals surface area contributed by atoms with Gasteiger partial charge >= 0.3 is 0 Å². The van der Waals surface area contributed by atoms with E-state index >= 15 is 0 Å². The van der Waals surface area contributed by atoms with Crippen LogP contribution in [0.15, 0.2) is 12.7 Å². The Kier molecular flexibility index (Phi) is 5.42. The Labute approximate surface area is 97.9 Å². The number of nitrogens with zero attached hydrogens (tertiary/aromatic N) is 4.